The van der Waals surface area contributed by atoms with Crippen LogP contribution in [0.5, 0.6) is 0 Å². The SMILES string of the molecule is CCC[N+](CCC)(CCC)CCC.CCC[N+](CCC)(CCC)CCC.[SH-].[SH-].[S]=[W]=[S]. The van der Waals surface area contributed by atoms with E-state index in [1.807, 2.05) is 0 Å². The van der Waals surface area contributed by atoms with Gasteiger partial charge in [0.15, 0.2) is 0 Å². The zero-order valence-electron chi connectivity index (χ0n) is 22.3. The van der Waals surface area contributed by atoms with Crippen LogP contribution in [0.15, 0.2) is 0 Å². The summed E-state index contributed by atoms with van der Waals surface area (Å²) in [5.74, 6) is 0. The molecule has 0 spiro atoms. The average molecular weight is 687 g/mol. The zero-order valence-corrected chi connectivity index (χ0v) is 28.7. The summed E-state index contributed by atoms with van der Waals surface area (Å²) in [6, 6.07) is 0. The molecular formula is C24H58N2S4W. The molecule has 0 aliphatic rings. The predicted molar refractivity (Wildman–Crippen MR) is 154 cm³/mol. The summed E-state index contributed by atoms with van der Waals surface area (Å²) < 4.78 is 2.75. The van der Waals surface area contributed by atoms with E-state index in [1.54, 1.807) is 0 Å². The van der Waals surface area contributed by atoms with Gasteiger partial charge in [0.1, 0.15) is 0 Å². The first-order chi connectivity index (χ1) is 13.9. The van der Waals surface area contributed by atoms with E-state index in [-0.39, 0.29) is 27.0 Å². The molecule has 0 rings (SSSR count). The maximum atomic E-state index is 4.38. The van der Waals surface area contributed by atoms with Crippen LogP contribution in [-0.2, 0) is 41.9 Å². The number of thiol groups is 2. The monoisotopic (exact) mass is 686 g/mol. The van der Waals surface area contributed by atoms with Crippen LogP contribution < -0.4 is 0 Å². The van der Waals surface area contributed by atoms with E-state index in [2.05, 4.69) is 75.0 Å². The van der Waals surface area contributed by atoms with E-state index >= 15 is 0 Å². The molecule has 31 heavy (non-hydrogen) atoms. The molecule has 0 bridgehead atoms. The van der Waals surface area contributed by atoms with Crippen molar-refractivity contribution in [2.75, 3.05) is 52.4 Å². The molecule has 7 heteroatoms. The Kier molecular flexibility index (Phi) is 43.9. The second-order valence-corrected chi connectivity index (χ2v) is 13.5. The molecule has 0 atom stereocenters. The van der Waals surface area contributed by atoms with Crippen LogP contribution in [0.1, 0.15) is 107 Å². The fourth-order valence-electron chi connectivity index (χ4n) is 5.14. The Morgan fingerprint density at radius 2 is 0.484 bits per heavy atom. The van der Waals surface area contributed by atoms with Gasteiger partial charge in [-0.15, -0.1) is 0 Å². The first kappa shape index (κ1) is 42.9. The van der Waals surface area contributed by atoms with Crippen molar-refractivity contribution in [1.82, 2.24) is 0 Å². The first-order valence-corrected chi connectivity index (χ1v) is 20.4. The summed E-state index contributed by atoms with van der Waals surface area (Å²) >= 11 is -0.583. The van der Waals surface area contributed by atoms with Crippen LogP contribution in [-0.4, -0.2) is 61.3 Å². The molecule has 0 N–H and O–H groups in total. The van der Waals surface area contributed by atoms with E-state index in [9.17, 15) is 0 Å². The van der Waals surface area contributed by atoms with Crippen molar-refractivity contribution < 1.29 is 23.9 Å². The van der Waals surface area contributed by atoms with Gasteiger partial charge in [0.25, 0.3) is 0 Å². The molecule has 0 aliphatic heterocycles. The third kappa shape index (κ3) is 24.7. The van der Waals surface area contributed by atoms with Crippen molar-refractivity contribution in [3.63, 3.8) is 0 Å². The fraction of sp³-hybridized carbons (Fsp3) is 1.00. The van der Waals surface area contributed by atoms with Crippen molar-refractivity contribution in [3.05, 3.63) is 0 Å². The molecule has 0 radical (unpaired) electrons. The van der Waals surface area contributed by atoms with Gasteiger partial charge in [-0.3, -0.25) is 0 Å². The minimum absolute atomic E-state index is 0. The summed E-state index contributed by atoms with van der Waals surface area (Å²) in [6.45, 7) is 29.6. The Balaban J connectivity index is -0.000000122. The van der Waals surface area contributed by atoms with Crippen LogP contribution >= 0.6 is 19.6 Å². The van der Waals surface area contributed by atoms with Crippen molar-refractivity contribution >= 4 is 46.6 Å². The molecular weight excluding hydrogens is 628 g/mol. The zero-order chi connectivity index (χ0) is 23.0. The number of rotatable bonds is 16. The number of hydrogen-bond donors (Lipinski definition) is 0. The van der Waals surface area contributed by atoms with Gasteiger partial charge in [0, 0.05) is 0 Å². The maximum absolute atomic E-state index is 4.38. The third-order valence-electron chi connectivity index (χ3n) is 5.58. The van der Waals surface area contributed by atoms with E-state index in [0.717, 1.165) is 0 Å². The molecule has 0 aromatic carbocycles. The van der Waals surface area contributed by atoms with E-state index < -0.39 is 14.9 Å². The standard InChI is InChI=1S/2C12H28N.2H2S.2S.W/c2*1-5-9-13(10-6-2,11-7-3)12-8-4;;;;;/h2*5-12H2,1-4H3;2*1H2;;;/q2*+1;;;;;/p-2. The molecule has 0 aromatic heterocycles. The molecule has 0 aromatic rings. The quantitative estimate of drug-likeness (QED) is 0.0930. The molecule has 194 valence electrons. The Labute approximate surface area is 228 Å². The van der Waals surface area contributed by atoms with Crippen LogP contribution in [0, 0.1) is 0 Å². The van der Waals surface area contributed by atoms with E-state index in [0.29, 0.717) is 0 Å². The Hall–Kier alpha value is 1.75. The number of quaternary nitrogens is 2. The van der Waals surface area contributed by atoms with Crippen LogP contribution in [0.25, 0.3) is 0 Å². The van der Waals surface area contributed by atoms with Crippen molar-refractivity contribution in [2.24, 2.45) is 0 Å². The number of nitrogens with zero attached hydrogens (tertiary/aromatic N) is 2. The number of hydrogen-bond acceptors (Lipinski definition) is 4. The van der Waals surface area contributed by atoms with Crippen LogP contribution in [0.4, 0.5) is 0 Å². The summed E-state index contributed by atoms with van der Waals surface area (Å²) in [7, 11) is 8.75. The predicted octanol–water partition coefficient (Wildman–Crippen LogP) is 7.64. The van der Waals surface area contributed by atoms with Gasteiger partial charge in [-0.1, -0.05) is 55.4 Å². The summed E-state index contributed by atoms with van der Waals surface area (Å²) in [5, 5.41) is 0. The van der Waals surface area contributed by atoms with E-state index in [4.69, 9.17) is 0 Å². The normalized spacial score (nSPS) is 10.5. The van der Waals surface area contributed by atoms with Gasteiger partial charge >= 0.3 is 34.6 Å². The molecule has 0 heterocycles. The average Bonchev–Trinajstić information content (AvgIpc) is 2.65. The van der Waals surface area contributed by atoms with Gasteiger partial charge in [0.05, 0.1) is 52.4 Å². The van der Waals surface area contributed by atoms with Gasteiger partial charge in [0.2, 0.25) is 0 Å². The van der Waals surface area contributed by atoms with Crippen molar-refractivity contribution in [3.8, 4) is 0 Å². The van der Waals surface area contributed by atoms with Crippen LogP contribution in [0.2, 0.25) is 0 Å². The molecule has 0 unspecified atom stereocenters. The second kappa shape index (κ2) is 31.7. The summed E-state index contributed by atoms with van der Waals surface area (Å²) in [5.41, 5.74) is 0. The summed E-state index contributed by atoms with van der Waals surface area (Å²) in [6.07, 6.45) is 10.7. The molecule has 0 saturated carbocycles. The van der Waals surface area contributed by atoms with E-state index in [1.165, 1.54) is 113 Å². The molecule has 0 fully saturated rings. The van der Waals surface area contributed by atoms with Gasteiger partial charge < -0.3 is 36.0 Å². The second-order valence-electron chi connectivity index (χ2n) is 8.54. The molecule has 0 aliphatic carbocycles. The first-order valence-electron chi connectivity index (χ1n) is 12.5. The Morgan fingerprint density at radius 1 is 0.387 bits per heavy atom. The Bertz CT molecular complexity index is 278. The van der Waals surface area contributed by atoms with Gasteiger partial charge in [-0.2, -0.15) is 0 Å². The third-order valence-corrected chi connectivity index (χ3v) is 5.58. The molecule has 2 nitrogen and oxygen atoms in total. The topological polar surface area (TPSA) is 0 Å². The molecule has 0 amide bonds. The van der Waals surface area contributed by atoms with Gasteiger partial charge in [-0.05, 0) is 51.4 Å². The minimum atomic E-state index is -0.583. The molecule has 0 saturated heterocycles. The fourth-order valence-corrected chi connectivity index (χ4v) is 5.14. The Morgan fingerprint density at radius 3 is 0.548 bits per heavy atom. The van der Waals surface area contributed by atoms with Gasteiger partial charge in [-0.25, -0.2) is 0 Å². The van der Waals surface area contributed by atoms with Crippen molar-refractivity contribution in [2.45, 2.75) is 107 Å². The summed E-state index contributed by atoms with van der Waals surface area (Å²) in [4.78, 5) is 0. The van der Waals surface area contributed by atoms with Crippen molar-refractivity contribution in [1.29, 1.82) is 0 Å². The van der Waals surface area contributed by atoms with Crippen LogP contribution in [0.3, 0.4) is 0 Å².